The first-order chi connectivity index (χ1) is 6.74. The molecule has 0 aliphatic heterocycles. The number of ether oxygens (including phenoxy) is 1. The van der Waals surface area contributed by atoms with Crippen LogP contribution in [0.1, 0.15) is 5.56 Å². The van der Waals surface area contributed by atoms with Gasteiger partial charge in [0.2, 0.25) is 0 Å². The van der Waals surface area contributed by atoms with Crippen LogP contribution in [0.25, 0.3) is 0 Å². The summed E-state index contributed by atoms with van der Waals surface area (Å²) < 4.78 is 5.37. The number of rotatable bonds is 5. The minimum absolute atomic E-state index is 0.105. The average Bonchev–Trinajstić information content (AvgIpc) is 2.17. The van der Waals surface area contributed by atoms with Gasteiger partial charge in [0.05, 0.1) is 0 Å². The fourth-order valence-corrected chi connectivity index (χ4v) is 1.18. The van der Waals surface area contributed by atoms with Gasteiger partial charge in [0.25, 0.3) is 0 Å². The van der Waals surface area contributed by atoms with Crippen LogP contribution in [0, 0.1) is 0 Å². The summed E-state index contributed by atoms with van der Waals surface area (Å²) >= 11 is 4.71. The summed E-state index contributed by atoms with van der Waals surface area (Å²) in [5.41, 5.74) is 6.29. The van der Waals surface area contributed by atoms with E-state index in [4.69, 9.17) is 27.8 Å². The molecular weight excluding hydrogens is 198 g/mol. The molecule has 0 saturated carbocycles. The van der Waals surface area contributed by atoms with Crippen LogP contribution in [0.3, 0.4) is 0 Å². The third kappa shape index (κ3) is 3.32. The fourth-order valence-electron chi connectivity index (χ4n) is 1.12. The molecule has 3 nitrogen and oxygen atoms in total. The molecular formula is C10H13NO2S. The van der Waals surface area contributed by atoms with E-state index in [0.717, 1.165) is 11.3 Å². The van der Waals surface area contributed by atoms with Gasteiger partial charge in [-0.1, -0.05) is 30.4 Å². The molecule has 0 saturated heterocycles. The Morgan fingerprint density at radius 1 is 1.43 bits per heavy atom. The Bertz CT molecular complexity index is 315. The predicted molar refractivity (Wildman–Crippen MR) is 59.5 cm³/mol. The molecule has 1 aromatic carbocycles. The highest BCUT2D eigenvalue weighted by Crippen LogP contribution is 2.17. The molecule has 3 N–H and O–H groups in total. The lowest BCUT2D eigenvalue weighted by Crippen LogP contribution is -2.18. The van der Waals surface area contributed by atoms with Gasteiger partial charge in [-0.15, -0.1) is 0 Å². The number of aliphatic hydroxyl groups is 1. The summed E-state index contributed by atoms with van der Waals surface area (Å²) in [6, 6.07) is 7.52. The van der Waals surface area contributed by atoms with Crippen molar-refractivity contribution in [1.29, 1.82) is 0 Å². The molecule has 0 aliphatic carbocycles. The molecule has 76 valence electrons. The Kier molecular flexibility index (Phi) is 4.35. The Labute approximate surface area is 88.5 Å². The third-order valence-electron chi connectivity index (χ3n) is 1.72. The summed E-state index contributed by atoms with van der Waals surface area (Å²) in [5, 5.41) is 8.82. The van der Waals surface area contributed by atoms with Crippen molar-refractivity contribution in [2.24, 2.45) is 5.73 Å². The molecule has 0 bridgehead atoms. The van der Waals surface area contributed by atoms with Crippen LogP contribution in [-0.4, -0.2) is 23.3 Å². The van der Waals surface area contributed by atoms with Crippen LogP contribution < -0.4 is 10.5 Å². The highest BCUT2D eigenvalue weighted by atomic mass is 32.1. The van der Waals surface area contributed by atoms with Crippen molar-refractivity contribution in [2.45, 2.75) is 6.42 Å². The number of hydrogen-bond donors (Lipinski definition) is 2. The summed E-state index contributed by atoms with van der Waals surface area (Å²) in [7, 11) is 0. The fraction of sp³-hybridized carbons (Fsp3) is 0.300. The first-order valence-corrected chi connectivity index (χ1v) is 4.74. The third-order valence-corrected chi connectivity index (χ3v) is 1.84. The van der Waals surface area contributed by atoms with E-state index in [-0.39, 0.29) is 13.2 Å². The Balaban J connectivity index is 2.68. The van der Waals surface area contributed by atoms with Crippen molar-refractivity contribution in [3.05, 3.63) is 29.8 Å². The van der Waals surface area contributed by atoms with Crippen LogP contribution in [0.4, 0.5) is 0 Å². The number of hydrogen-bond acceptors (Lipinski definition) is 3. The van der Waals surface area contributed by atoms with E-state index >= 15 is 0 Å². The predicted octanol–water partition coefficient (Wildman–Crippen LogP) is 0.886. The Morgan fingerprint density at radius 3 is 2.79 bits per heavy atom. The maximum atomic E-state index is 8.82. The molecule has 0 spiro atoms. The largest absolute Gasteiger partial charge is 0.486 e. The maximum Gasteiger partial charge on any atom is 0.138 e. The zero-order chi connectivity index (χ0) is 10.4. The molecule has 1 aromatic rings. The SMILES string of the molecule is NC(=S)COc1ccccc1CCO. The van der Waals surface area contributed by atoms with Crippen molar-refractivity contribution in [3.63, 3.8) is 0 Å². The van der Waals surface area contributed by atoms with Crippen molar-refractivity contribution < 1.29 is 9.84 Å². The highest BCUT2D eigenvalue weighted by Gasteiger charge is 2.02. The first-order valence-electron chi connectivity index (χ1n) is 4.34. The number of nitrogens with two attached hydrogens (primary N) is 1. The molecule has 0 unspecified atom stereocenters. The summed E-state index contributed by atoms with van der Waals surface area (Å²) in [6.45, 7) is 0.339. The minimum atomic E-state index is 0.105. The standard InChI is InChI=1S/C10H13NO2S/c11-10(14)7-13-9-4-2-1-3-8(9)5-6-12/h1-4,12H,5-7H2,(H2,11,14). The molecule has 4 heteroatoms. The van der Waals surface area contributed by atoms with Gasteiger partial charge < -0.3 is 15.6 Å². The van der Waals surface area contributed by atoms with Gasteiger partial charge in [0, 0.05) is 6.61 Å². The Morgan fingerprint density at radius 2 is 2.14 bits per heavy atom. The van der Waals surface area contributed by atoms with Gasteiger partial charge in [-0.2, -0.15) is 0 Å². The van der Waals surface area contributed by atoms with E-state index in [9.17, 15) is 0 Å². The van der Waals surface area contributed by atoms with Gasteiger partial charge >= 0.3 is 0 Å². The maximum absolute atomic E-state index is 8.82. The summed E-state index contributed by atoms with van der Waals surface area (Å²) in [4.78, 5) is 0.323. The van der Waals surface area contributed by atoms with Gasteiger partial charge in [-0.05, 0) is 18.1 Å². The van der Waals surface area contributed by atoms with Gasteiger partial charge in [-0.25, -0.2) is 0 Å². The van der Waals surface area contributed by atoms with Crippen LogP contribution in [0.5, 0.6) is 5.75 Å². The van der Waals surface area contributed by atoms with E-state index in [0.29, 0.717) is 11.4 Å². The normalized spacial score (nSPS) is 9.79. The second-order valence-corrected chi connectivity index (χ2v) is 3.36. The van der Waals surface area contributed by atoms with Crippen molar-refractivity contribution in [3.8, 4) is 5.75 Å². The van der Waals surface area contributed by atoms with Crippen LogP contribution in [0.15, 0.2) is 24.3 Å². The van der Waals surface area contributed by atoms with Gasteiger partial charge in [0.15, 0.2) is 0 Å². The topological polar surface area (TPSA) is 55.5 Å². The van der Waals surface area contributed by atoms with E-state index in [2.05, 4.69) is 0 Å². The molecule has 0 atom stereocenters. The molecule has 0 aromatic heterocycles. The molecule has 0 amide bonds. The molecule has 0 fully saturated rings. The van der Waals surface area contributed by atoms with Crippen LogP contribution in [-0.2, 0) is 6.42 Å². The molecule has 1 rings (SSSR count). The van der Waals surface area contributed by atoms with E-state index in [1.165, 1.54) is 0 Å². The highest BCUT2D eigenvalue weighted by molar-refractivity contribution is 7.80. The smallest absolute Gasteiger partial charge is 0.138 e. The Hall–Kier alpha value is -1.13. The zero-order valence-corrected chi connectivity index (χ0v) is 8.59. The average molecular weight is 211 g/mol. The minimum Gasteiger partial charge on any atom is -0.486 e. The quantitative estimate of drug-likeness (QED) is 0.710. The summed E-state index contributed by atoms with van der Waals surface area (Å²) in [5.74, 6) is 0.731. The van der Waals surface area contributed by atoms with Crippen LogP contribution >= 0.6 is 12.2 Å². The number of thiocarbonyl (C=S) groups is 1. The summed E-state index contributed by atoms with van der Waals surface area (Å²) in [6.07, 6.45) is 0.577. The number of aliphatic hydroxyl groups excluding tert-OH is 1. The monoisotopic (exact) mass is 211 g/mol. The van der Waals surface area contributed by atoms with Crippen LogP contribution in [0.2, 0.25) is 0 Å². The molecule has 0 radical (unpaired) electrons. The van der Waals surface area contributed by atoms with E-state index in [1.54, 1.807) is 0 Å². The van der Waals surface area contributed by atoms with Gasteiger partial charge in [-0.3, -0.25) is 0 Å². The molecule has 0 heterocycles. The second-order valence-electron chi connectivity index (χ2n) is 2.84. The van der Waals surface area contributed by atoms with E-state index < -0.39 is 0 Å². The second kappa shape index (κ2) is 5.57. The molecule has 14 heavy (non-hydrogen) atoms. The zero-order valence-electron chi connectivity index (χ0n) is 7.77. The van der Waals surface area contributed by atoms with E-state index in [1.807, 2.05) is 24.3 Å². The lowest BCUT2D eigenvalue weighted by atomic mass is 10.1. The van der Waals surface area contributed by atoms with Crippen molar-refractivity contribution >= 4 is 17.2 Å². The lowest BCUT2D eigenvalue weighted by Gasteiger charge is -2.09. The molecule has 0 aliphatic rings. The van der Waals surface area contributed by atoms with Crippen molar-refractivity contribution in [1.82, 2.24) is 0 Å². The first kappa shape index (κ1) is 10.9. The van der Waals surface area contributed by atoms with Gasteiger partial charge in [0.1, 0.15) is 17.3 Å². The number of para-hydroxylation sites is 1. The number of benzene rings is 1. The van der Waals surface area contributed by atoms with Crippen molar-refractivity contribution in [2.75, 3.05) is 13.2 Å². The lowest BCUT2D eigenvalue weighted by molar-refractivity contribution is 0.295.